The summed E-state index contributed by atoms with van der Waals surface area (Å²) in [6.07, 6.45) is 2.55. The van der Waals surface area contributed by atoms with Crippen LogP contribution < -0.4 is 0 Å². The van der Waals surface area contributed by atoms with Crippen LogP contribution in [0, 0.1) is 6.92 Å². The summed E-state index contributed by atoms with van der Waals surface area (Å²) >= 11 is 0. The maximum absolute atomic E-state index is 11.5. The molecule has 1 aromatic rings. The Labute approximate surface area is 102 Å². The lowest BCUT2D eigenvalue weighted by molar-refractivity contribution is 0.0679. The van der Waals surface area contributed by atoms with Crippen molar-refractivity contribution in [1.82, 2.24) is 4.90 Å². The molecule has 0 radical (unpaired) electrons. The van der Waals surface area contributed by atoms with Crippen LogP contribution in [0.1, 0.15) is 23.1 Å². The molecule has 1 aromatic carbocycles. The Morgan fingerprint density at radius 1 is 1.35 bits per heavy atom. The minimum Gasteiger partial charge on any atom is -0.446 e. The van der Waals surface area contributed by atoms with E-state index in [1.807, 2.05) is 0 Å². The van der Waals surface area contributed by atoms with Gasteiger partial charge in [0, 0.05) is 20.5 Å². The van der Waals surface area contributed by atoms with Crippen molar-refractivity contribution in [2.75, 3.05) is 14.1 Å². The molecule has 0 spiro atoms. The van der Waals surface area contributed by atoms with E-state index in [2.05, 4.69) is 25.1 Å². The van der Waals surface area contributed by atoms with Gasteiger partial charge in [-0.05, 0) is 30.9 Å². The number of carbonyl (C=O) groups is 1. The molecule has 1 aliphatic carbocycles. The maximum atomic E-state index is 11.5. The number of hydrogen-bond acceptors (Lipinski definition) is 2. The molecule has 0 aliphatic heterocycles. The first kappa shape index (κ1) is 12.0. The lowest BCUT2D eigenvalue weighted by Gasteiger charge is -2.26. The first-order valence-electron chi connectivity index (χ1n) is 6.02. The molecular weight excluding hydrogens is 214 g/mol. The molecule has 2 rings (SSSR count). The molecule has 92 valence electrons. The van der Waals surface area contributed by atoms with Crippen LogP contribution in [0.2, 0.25) is 0 Å². The zero-order valence-electron chi connectivity index (χ0n) is 10.7. The van der Waals surface area contributed by atoms with Crippen molar-refractivity contribution < 1.29 is 9.53 Å². The third-order valence-electron chi connectivity index (χ3n) is 3.18. The molecule has 3 nitrogen and oxygen atoms in total. The Hall–Kier alpha value is -1.51. The van der Waals surface area contributed by atoms with Gasteiger partial charge in [-0.2, -0.15) is 0 Å². The number of hydrogen-bond donors (Lipinski definition) is 0. The number of rotatable bonds is 1. The van der Waals surface area contributed by atoms with Crippen LogP contribution in [0.4, 0.5) is 4.79 Å². The second kappa shape index (κ2) is 4.78. The largest absolute Gasteiger partial charge is 0.446 e. The smallest absolute Gasteiger partial charge is 0.409 e. The highest BCUT2D eigenvalue weighted by atomic mass is 16.6. The third-order valence-corrected chi connectivity index (χ3v) is 3.18. The summed E-state index contributed by atoms with van der Waals surface area (Å²) in [6.45, 7) is 2.11. The molecule has 17 heavy (non-hydrogen) atoms. The van der Waals surface area contributed by atoms with E-state index in [1.165, 1.54) is 21.6 Å². The highest BCUT2D eigenvalue weighted by Gasteiger charge is 2.22. The topological polar surface area (TPSA) is 29.5 Å². The van der Waals surface area contributed by atoms with Crippen LogP contribution in [0.3, 0.4) is 0 Å². The molecule has 0 N–H and O–H groups in total. The summed E-state index contributed by atoms with van der Waals surface area (Å²) in [7, 11) is 3.42. The van der Waals surface area contributed by atoms with E-state index in [9.17, 15) is 4.79 Å². The van der Waals surface area contributed by atoms with Crippen LogP contribution in [-0.2, 0) is 17.6 Å². The van der Waals surface area contributed by atoms with Gasteiger partial charge in [-0.15, -0.1) is 0 Å². The van der Waals surface area contributed by atoms with Gasteiger partial charge in [0.05, 0.1) is 0 Å². The number of fused-ring (bicyclic) bond motifs is 1. The molecule has 1 aliphatic rings. The van der Waals surface area contributed by atoms with Gasteiger partial charge in [0.2, 0.25) is 0 Å². The zero-order valence-corrected chi connectivity index (χ0v) is 10.7. The second-order valence-electron chi connectivity index (χ2n) is 4.92. The number of carbonyl (C=O) groups excluding carboxylic acids is 1. The van der Waals surface area contributed by atoms with Gasteiger partial charge in [-0.1, -0.05) is 23.8 Å². The molecule has 1 amide bonds. The predicted octanol–water partition coefficient (Wildman–Crippen LogP) is 2.55. The van der Waals surface area contributed by atoms with E-state index >= 15 is 0 Å². The van der Waals surface area contributed by atoms with E-state index in [0.717, 1.165) is 19.3 Å². The van der Waals surface area contributed by atoms with E-state index in [4.69, 9.17) is 4.74 Å². The minimum absolute atomic E-state index is 0.0279. The van der Waals surface area contributed by atoms with Crippen molar-refractivity contribution in [3.63, 3.8) is 0 Å². The summed E-state index contributed by atoms with van der Waals surface area (Å²) in [5, 5.41) is 0. The van der Waals surface area contributed by atoms with Crippen LogP contribution in [0.5, 0.6) is 0 Å². The third kappa shape index (κ3) is 2.78. The molecule has 0 fully saturated rings. The second-order valence-corrected chi connectivity index (χ2v) is 4.92. The highest BCUT2D eigenvalue weighted by molar-refractivity contribution is 5.67. The fourth-order valence-corrected chi connectivity index (χ4v) is 2.20. The maximum Gasteiger partial charge on any atom is 0.409 e. The fourth-order valence-electron chi connectivity index (χ4n) is 2.20. The molecule has 0 saturated heterocycles. The number of nitrogens with zero attached hydrogens (tertiary/aromatic N) is 1. The van der Waals surface area contributed by atoms with Crippen LogP contribution in [0.25, 0.3) is 0 Å². The van der Waals surface area contributed by atoms with Crippen LogP contribution >= 0.6 is 0 Å². The van der Waals surface area contributed by atoms with Crippen LogP contribution in [0.15, 0.2) is 18.2 Å². The van der Waals surface area contributed by atoms with E-state index in [-0.39, 0.29) is 12.2 Å². The predicted molar refractivity (Wildman–Crippen MR) is 67.2 cm³/mol. The molecular formula is C14H19NO2. The molecule has 0 saturated carbocycles. The Balaban J connectivity index is 2.04. The van der Waals surface area contributed by atoms with Crippen molar-refractivity contribution >= 4 is 6.09 Å². The first-order chi connectivity index (χ1) is 8.06. The number of benzene rings is 1. The lowest BCUT2D eigenvalue weighted by atomic mass is 9.89. The van der Waals surface area contributed by atoms with Crippen molar-refractivity contribution in [1.29, 1.82) is 0 Å². The summed E-state index contributed by atoms with van der Waals surface area (Å²) in [4.78, 5) is 13.0. The Kier molecular flexibility index (Phi) is 3.36. The average Bonchev–Trinajstić information content (AvgIpc) is 2.29. The molecule has 1 unspecified atom stereocenters. The molecule has 1 atom stereocenters. The first-order valence-corrected chi connectivity index (χ1v) is 6.02. The van der Waals surface area contributed by atoms with Gasteiger partial charge >= 0.3 is 6.09 Å². The minimum atomic E-state index is -0.245. The molecule has 0 heterocycles. The summed E-state index contributed by atoms with van der Waals surface area (Å²) in [6, 6.07) is 6.51. The zero-order chi connectivity index (χ0) is 12.4. The van der Waals surface area contributed by atoms with Crippen molar-refractivity contribution in [3.05, 3.63) is 34.9 Å². The summed E-state index contributed by atoms with van der Waals surface area (Å²) < 4.78 is 5.43. The average molecular weight is 233 g/mol. The van der Waals surface area contributed by atoms with E-state index in [1.54, 1.807) is 14.1 Å². The lowest BCUT2D eigenvalue weighted by Crippen LogP contribution is -2.31. The molecule has 0 bridgehead atoms. The molecule has 0 aromatic heterocycles. The van der Waals surface area contributed by atoms with Gasteiger partial charge in [0.1, 0.15) is 6.10 Å². The van der Waals surface area contributed by atoms with E-state index in [0.29, 0.717) is 0 Å². The molecule has 3 heteroatoms. The number of ether oxygens (including phenoxy) is 1. The number of amides is 1. The Morgan fingerprint density at radius 2 is 2.12 bits per heavy atom. The monoisotopic (exact) mass is 233 g/mol. The van der Waals surface area contributed by atoms with Crippen LogP contribution in [-0.4, -0.2) is 31.2 Å². The Morgan fingerprint density at radius 3 is 2.82 bits per heavy atom. The van der Waals surface area contributed by atoms with Crippen molar-refractivity contribution in [2.45, 2.75) is 32.3 Å². The summed E-state index contributed by atoms with van der Waals surface area (Å²) in [5.41, 5.74) is 4.02. The SMILES string of the molecule is Cc1ccc2c(c1)CCC(OC(=O)N(C)C)C2. The van der Waals surface area contributed by atoms with Gasteiger partial charge in [-0.25, -0.2) is 4.79 Å². The quantitative estimate of drug-likeness (QED) is 0.746. The van der Waals surface area contributed by atoms with Gasteiger partial charge in [-0.3, -0.25) is 0 Å². The standard InChI is InChI=1S/C14H19NO2/c1-10-4-5-12-9-13(7-6-11(12)8-10)17-14(16)15(2)3/h4-5,8,13H,6-7,9H2,1-3H3. The van der Waals surface area contributed by atoms with Crippen molar-refractivity contribution in [3.8, 4) is 0 Å². The Bertz CT molecular complexity index is 426. The van der Waals surface area contributed by atoms with Gasteiger partial charge < -0.3 is 9.64 Å². The van der Waals surface area contributed by atoms with E-state index < -0.39 is 0 Å². The van der Waals surface area contributed by atoms with Crippen molar-refractivity contribution in [2.24, 2.45) is 0 Å². The highest BCUT2D eigenvalue weighted by Crippen LogP contribution is 2.24. The fraction of sp³-hybridized carbons (Fsp3) is 0.500. The van der Waals surface area contributed by atoms with Gasteiger partial charge in [0.25, 0.3) is 0 Å². The van der Waals surface area contributed by atoms with Gasteiger partial charge in [0.15, 0.2) is 0 Å². The normalized spacial score (nSPS) is 18.4. The summed E-state index contributed by atoms with van der Waals surface area (Å²) in [5.74, 6) is 0. The number of aryl methyl sites for hydroxylation is 2.